The molecule has 34 heavy (non-hydrogen) atoms. The van der Waals surface area contributed by atoms with Crippen molar-refractivity contribution in [3.63, 3.8) is 0 Å². The van der Waals surface area contributed by atoms with Gasteiger partial charge in [0.05, 0.1) is 5.69 Å². The minimum absolute atomic E-state index is 0.316. The van der Waals surface area contributed by atoms with E-state index in [-0.39, 0.29) is 5.82 Å². The second kappa shape index (κ2) is 9.95. The van der Waals surface area contributed by atoms with Crippen LogP contribution in [0.4, 0.5) is 17.6 Å². The Hall–Kier alpha value is -3.87. The predicted molar refractivity (Wildman–Crippen MR) is 112 cm³/mol. The second-order valence-corrected chi connectivity index (χ2v) is 7.28. The summed E-state index contributed by atoms with van der Waals surface area (Å²) in [5, 5.41) is 11.7. The molecule has 3 aromatic rings. The molecule has 2 heterocycles. The number of alkyl halides is 3. The van der Waals surface area contributed by atoms with Gasteiger partial charge in [0.15, 0.2) is 5.82 Å². The number of carboxylic acids is 1. The van der Waals surface area contributed by atoms with Gasteiger partial charge < -0.3 is 16.6 Å². The van der Waals surface area contributed by atoms with Crippen LogP contribution in [-0.4, -0.2) is 49.5 Å². The van der Waals surface area contributed by atoms with E-state index in [0.29, 0.717) is 60.8 Å². The van der Waals surface area contributed by atoms with Crippen LogP contribution < -0.4 is 11.5 Å². The molecule has 1 amide bonds. The summed E-state index contributed by atoms with van der Waals surface area (Å²) < 4.78 is 46.6. The molecule has 0 saturated heterocycles. The van der Waals surface area contributed by atoms with Crippen LogP contribution in [0.25, 0.3) is 22.8 Å². The second-order valence-electron chi connectivity index (χ2n) is 7.28. The average Bonchev–Trinajstić information content (AvgIpc) is 3.17. The molecule has 13 heteroatoms. The van der Waals surface area contributed by atoms with Crippen LogP contribution in [0.1, 0.15) is 28.0 Å². The van der Waals surface area contributed by atoms with E-state index in [1.807, 2.05) is 0 Å². The number of benzene rings is 1. The minimum atomic E-state index is -5.08. The number of nitrogens with zero attached hydrogens (tertiary/aromatic N) is 4. The summed E-state index contributed by atoms with van der Waals surface area (Å²) in [6.07, 6.45) is -1.26. The van der Waals surface area contributed by atoms with Crippen LogP contribution in [0.3, 0.4) is 0 Å². The van der Waals surface area contributed by atoms with E-state index in [0.717, 1.165) is 11.1 Å². The number of fused-ring (bicyclic) bond motifs is 3. The van der Waals surface area contributed by atoms with Gasteiger partial charge in [0.1, 0.15) is 17.2 Å². The number of aryl methyl sites for hydroxylation is 2. The highest BCUT2D eigenvalue weighted by Crippen LogP contribution is 2.34. The average molecular weight is 480 g/mol. The maximum Gasteiger partial charge on any atom is 0.490 e. The number of nitrogens with two attached hydrogens (primary N) is 2. The van der Waals surface area contributed by atoms with Gasteiger partial charge in [0.25, 0.3) is 5.91 Å². The molecule has 1 aliphatic rings. The summed E-state index contributed by atoms with van der Waals surface area (Å²) in [5.41, 5.74) is 15.5. The molecule has 0 spiro atoms. The van der Waals surface area contributed by atoms with Crippen molar-refractivity contribution >= 4 is 11.9 Å². The summed E-state index contributed by atoms with van der Waals surface area (Å²) in [6, 6.07) is 6.01. The van der Waals surface area contributed by atoms with Crippen molar-refractivity contribution in [3.8, 4) is 22.8 Å². The van der Waals surface area contributed by atoms with E-state index in [1.54, 1.807) is 23.0 Å². The molecule has 1 aromatic carbocycles. The van der Waals surface area contributed by atoms with Gasteiger partial charge in [-0.25, -0.2) is 19.2 Å². The minimum Gasteiger partial charge on any atom is -0.475 e. The summed E-state index contributed by atoms with van der Waals surface area (Å²) in [7, 11) is 0. The van der Waals surface area contributed by atoms with Crippen LogP contribution in [-0.2, 0) is 24.2 Å². The number of carboxylic acid groups (broad SMARTS) is 1. The third-order valence-electron chi connectivity index (χ3n) is 4.94. The molecule has 1 aliphatic carbocycles. The monoisotopic (exact) mass is 480 g/mol. The fourth-order valence-electron chi connectivity index (χ4n) is 3.40. The molecule has 0 bridgehead atoms. The SMILES string of the molecule is NCCCn1nc2c(c1C(N)=O)CCc1cnc(-c3ccc(F)cc3)nc1-2.O=C(O)C(F)(F)F. The molecular weight excluding hydrogens is 460 g/mol. The third-order valence-corrected chi connectivity index (χ3v) is 4.94. The van der Waals surface area contributed by atoms with Gasteiger partial charge in [-0.15, -0.1) is 0 Å². The van der Waals surface area contributed by atoms with Crippen LogP contribution in [0, 0.1) is 5.82 Å². The first-order valence-electron chi connectivity index (χ1n) is 10.0. The number of carbonyl (C=O) groups excluding carboxylic acids is 1. The van der Waals surface area contributed by atoms with Crippen LogP contribution in [0.15, 0.2) is 30.5 Å². The van der Waals surface area contributed by atoms with Gasteiger partial charge in [-0.05, 0) is 55.6 Å². The molecule has 0 fully saturated rings. The fraction of sp³-hybridized carbons (Fsp3) is 0.286. The van der Waals surface area contributed by atoms with Crippen LogP contribution >= 0.6 is 0 Å². The van der Waals surface area contributed by atoms with Crippen molar-refractivity contribution < 1.29 is 32.3 Å². The number of amides is 1. The number of hydrogen-bond donors (Lipinski definition) is 3. The maximum atomic E-state index is 13.2. The molecule has 0 atom stereocenters. The molecule has 180 valence electrons. The molecular formula is C21H20F4N6O3. The number of primary amides is 1. The van der Waals surface area contributed by atoms with Gasteiger partial charge >= 0.3 is 12.1 Å². The summed E-state index contributed by atoms with van der Waals surface area (Å²) in [6.45, 7) is 1.02. The molecule has 0 saturated carbocycles. The Morgan fingerprint density at radius 2 is 1.76 bits per heavy atom. The van der Waals surface area contributed by atoms with Crippen molar-refractivity contribution in [2.45, 2.75) is 32.0 Å². The zero-order chi connectivity index (χ0) is 25.0. The van der Waals surface area contributed by atoms with E-state index in [4.69, 9.17) is 21.4 Å². The van der Waals surface area contributed by atoms with Crippen molar-refractivity contribution in [2.24, 2.45) is 11.5 Å². The summed E-state index contributed by atoms with van der Waals surface area (Å²) in [5.74, 6) is -3.09. The Morgan fingerprint density at radius 3 is 2.32 bits per heavy atom. The summed E-state index contributed by atoms with van der Waals surface area (Å²) in [4.78, 5) is 30.0. The molecule has 2 aromatic heterocycles. The Morgan fingerprint density at radius 1 is 1.12 bits per heavy atom. The molecule has 0 radical (unpaired) electrons. The molecule has 5 N–H and O–H groups in total. The Kier molecular flexibility index (Phi) is 7.25. The zero-order valence-corrected chi connectivity index (χ0v) is 17.6. The largest absolute Gasteiger partial charge is 0.490 e. The van der Waals surface area contributed by atoms with E-state index in [9.17, 15) is 22.4 Å². The molecule has 4 rings (SSSR count). The molecule has 9 nitrogen and oxygen atoms in total. The van der Waals surface area contributed by atoms with Gasteiger partial charge in [0.2, 0.25) is 0 Å². The first-order chi connectivity index (χ1) is 16.0. The van der Waals surface area contributed by atoms with Crippen LogP contribution in [0.2, 0.25) is 0 Å². The number of halogens is 4. The highest BCUT2D eigenvalue weighted by molar-refractivity contribution is 5.95. The lowest BCUT2D eigenvalue weighted by atomic mass is 9.93. The smallest absolute Gasteiger partial charge is 0.475 e. The van der Waals surface area contributed by atoms with Crippen molar-refractivity contribution in [3.05, 3.63) is 53.1 Å². The predicted octanol–water partition coefficient (Wildman–Crippen LogP) is 2.33. The normalized spacial score (nSPS) is 12.3. The topological polar surface area (TPSA) is 150 Å². The van der Waals surface area contributed by atoms with E-state index >= 15 is 0 Å². The number of aromatic nitrogens is 4. The Balaban J connectivity index is 0.000000406. The number of rotatable bonds is 5. The number of aliphatic carboxylic acids is 1. The van der Waals surface area contributed by atoms with Gasteiger partial charge in [-0.3, -0.25) is 9.48 Å². The zero-order valence-electron chi connectivity index (χ0n) is 17.6. The fourth-order valence-corrected chi connectivity index (χ4v) is 3.40. The number of hydrogen-bond acceptors (Lipinski definition) is 6. The highest BCUT2D eigenvalue weighted by Gasteiger charge is 2.38. The Bertz CT molecular complexity index is 1210. The first kappa shape index (κ1) is 24.8. The van der Waals surface area contributed by atoms with Gasteiger partial charge in [0, 0.05) is 23.9 Å². The number of carbonyl (C=O) groups is 2. The van der Waals surface area contributed by atoms with Gasteiger partial charge in [-0.2, -0.15) is 18.3 Å². The lowest BCUT2D eigenvalue weighted by Gasteiger charge is -2.15. The molecule has 0 unspecified atom stereocenters. The van der Waals surface area contributed by atoms with E-state index < -0.39 is 18.1 Å². The Labute approximate surface area is 190 Å². The highest BCUT2D eigenvalue weighted by atomic mass is 19.4. The van der Waals surface area contributed by atoms with Gasteiger partial charge in [-0.1, -0.05) is 0 Å². The summed E-state index contributed by atoms with van der Waals surface area (Å²) >= 11 is 0. The van der Waals surface area contributed by atoms with E-state index in [1.165, 1.54) is 12.1 Å². The molecule has 0 aliphatic heterocycles. The first-order valence-corrected chi connectivity index (χ1v) is 10.0. The van der Waals surface area contributed by atoms with Crippen molar-refractivity contribution in [1.82, 2.24) is 19.7 Å². The van der Waals surface area contributed by atoms with E-state index in [2.05, 4.69) is 15.1 Å². The van der Waals surface area contributed by atoms with Crippen molar-refractivity contribution in [2.75, 3.05) is 6.54 Å². The third kappa shape index (κ3) is 5.36. The van der Waals surface area contributed by atoms with Crippen LogP contribution in [0.5, 0.6) is 0 Å². The maximum absolute atomic E-state index is 13.2. The lowest BCUT2D eigenvalue weighted by Crippen LogP contribution is -2.21. The standard InChI is InChI=1S/C19H19FN6O.C2HF3O2/c20-13-5-2-11(3-6-13)19-23-10-12-4-7-14-16(15(12)24-19)25-26(9-1-8-21)17(14)18(22)27;3-2(4,5)1(6)7/h2-3,5-6,10H,1,4,7-9,21H2,(H2,22,27);(H,6,7). The van der Waals surface area contributed by atoms with Crippen molar-refractivity contribution in [1.29, 1.82) is 0 Å². The quantitative estimate of drug-likeness (QED) is 0.474. The lowest BCUT2D eigenvalue weighted by molar-refractivity contribution is -0.192.